The van der Waals surface area contributed by atoms with E-state index in [0.717, 1.165) is 0 Å². The normalized spacial score (nSPS) is 6.00. The van der Waals surface area contributed by atoms with Gasteiger partial charge in [-0.25, -0.2) is 0 Å². The summed E-state index contributed by atoms with van der Waals surface area (Å²) in [6.07, 6.45) is 0. The summed E-state index contributed by atoms with van der Waals surface area (Å²) in [7, 11) is -2.85. The minimum Gasteiger partial charge on any atom is -0.369 e. The van der Waals surface area contributed by atoms with Crippen molar-refractivity contribution in [2.45, 2.75) is 0 Å². The third kappa shape index (κ3) is 609. The molecule has 0 rings (SSSR count). The van der Waals surface area contributed by atoms with Gasteiger partial charge in [0.15, 0.2) is 0 Å². The molecule has 0 amide bonds. The molecule has 0 aliphatic heterocycles. The van der Waals surface area contributed by atoms with Gasteiger partial charge in [-0.15, -0.1) is 0 Å². The molecule has 0 unspecified atom stereocenters. The van der Waals surface area contributed by atoms with Gasteiger partial charge < -0.3 is 35.4 Å². The van der Waals surface area contributed by atoms with Crippen molar-refractivity contribution in [2.24, 2.45) is 0 Å². The monoisotopic (exact) mass is 202 g/mol. The molecule has 58 valence electrons. The molecule has 0 atom stereocenters. The van der Waals surface area contributed by atoms with E-state index in [0.29, 0.717) is 0 Å². The van der Waals surface area contributed by atoms with E-state index in [1.165, 1.54) is 0 Å². The maximum absolute atomic E-state index is 8.41. The SMILES string of the molecule is O=[N+]([O-])[O-].[K+].[NH4+].[O-][Cl+2]([O-])[O-]. The summed E-state index contributed by atoms with van der Waals surface area (Å²) in [4.78, 5) is 8.25. The second-order valence-electron chi connectivity index (χ2n) is 0.413. The van der Waals surface area contributed by atoms with Crippen molar-refractivity contribution >= 4 is 0 Å². The Morgan fingerprint density at radius 1 is 1.10 bits per heavy atom. The molecular formula is H4ClKN2O6. The van der Waals surface area contributed by atoms with Crippen LogP contribution in [-0.4, -0.2) is 5.09 Å². The molecular weight excluding hydrogens is 199 g/mol. The largest absolute Gasteiger partial charge is 1.00 e. The van der Waals surface area contributed by atoms with E-state index in [1.54, 1.807) is 0 Å². The topological polar surface area (TPSA) is 172 Å². The molecule has 4 N–H and O–H groups in total. The molecule has 0 heterocycles. The third-order valence-corrected chi connectivity index (χ3v) is 0. The molecule has 0 saturated heterocycles. The van der Waals surface area contributed by atoms with Crippen molar-refractivity contribution in [1.29, 1.82) is 0 Å². The number of rotatable bonds is 0. The van der Waals surface area contributed by atoms with Crippen LogP contribution in [-0.2, 0) is 0 Å². The quantitative estimate of drug-likeness (QED) is 0.232. The van der Waals surface area contributed by atoms with Crippen LogP contribution in [0.1, 0.15) is 0 Å². The first-order valence-corrected chi connectivity index (χ1v) is 1.94. The minimum atomic E-state index is -2.85. The van der Waals surface area contributed by atoms with E-state index in [2.05, 4.69) is 0 Å². The zero-order chi connectivity index (χ0) is 7.15. The van der Waals surface area contributed by atoms with Crippen LogP contribution < -0.4 is 71.5 Å². The van der Waals surface area contributed by atoms with Gasteiger partial charge in [-0.2, -0.15) is 0 Å². The molecule has 0 aromatic rings. The molecule has 8 nitrogen and oxygen atoms in total. The zero-order valence-corrected chi connectivity index (χ0v) is 9.15. The van der Waals surface area contributed by atoms with Crippen molar-refractivity contribution < 1.29 is 81.2 Å². The van der Waals surface area contributed by atoms with Crippen molar-refractivity contribution in [2.75, 3.05) is 0 Å². The van der Waals surface area contributed by atoms with Gasteiger partial charge in [-0.3, -0.25) is 0 Å². The summed E-state index contributed by atoms with van der Waals surface area (Å²) >= 11 is 0. The molecule has 0 radical (unpaired) electrons. The van der Waals surface area contributed by atoms with Crippen LogP contribution in [0.15, 0.2) is 0 Å². The Morgan fingerprint density at radius 3 is 1.10 bits per heavy atom. The van der Waals surface area contributed by atoms with Gasteiger partial charge in [-0.1, -0.05) is 0 Å². The fourth-order valence-corrected chi connectivity index (χ4v) is 0. The average Bonchev–Trinajstić information content (AvgIpc) is 1.25. The van der Waals surface area contributed by atoms with Gasteiger partial charge in [-0.05, 0) is 0 Å². The zero-order valence-electron chi connectivity index (χ0n) is 5.27. The molecule has 0 bridgehead atoms. The number of hydrogen-bond acceptors (Lipinski definition) is 6. The summed E-state index contributed by atoms with van der Waals surface area (Å²) in [5.41, 5.74) is 0. The first-order chi connectivity index (χ1) is 3.46. The Hall–Kier alpha value is 0.966. The minimum absolute atomic E-state index is 0. The summed E-state index contributed by atoms with van der Waals surface area (Å²) in [6.45, 7) is 0. The van der Waals surface area contributed by atoms with Crippen LogP contribution in [0.2, 0.25) is 0 Å². The van der Waals surface area contributed by atoms with Crippen molar-refractivity contribution in [3.8, 4) is 0 Å². The number of hydrogen-bond donors (Lipinski definition) is 1. The first kappa shape index (κ1) is 22.4. The first-order valence-electron chi connectivity index (χ1n) is 1.01. The Morgan fingerprint density at radius 2 is 1.10 bits per heavy atom. The predicted octanol–water partition coefficient (Wildman–Crippen LogP) is -6.43. The van der Waals surface area contributed by atoms with Crippen LogP contribution in [0, 0.1) is 26.1 Å². The molecule has 0 aliphatic carbocycles. The Kier molecular flexibility index (Phi) is 37.1. The summed E-state index contributed by atoms with van der Waals surface area (Å²) in [5, 5.41) is 14.8. The van der Waals surface area contributed by atoms with Crippen LogP contribution in [0.4, 0.5) is 0 Å². The van der Waals surface area contributed by atoms with Gasteiger partial charge in [0.2, 0.25) is 0 Å². The predicted molar refractivity (Wildman–Crippen MR) is 16.3 cm³/mol. The van der Waals surface area contributed by atoms with E-state index in [-0.39, 0.29) is 57.5 Å². The molecule has 0 spiro atoms. The summed E-state index contributed by atoms with van der Waals surface area (Å²) in [6, 6.07) is 0. The van der Waals surface area contributed by atoms with Gasteiger partial charge in [0.25, 0.3) is 0 Å². The van der Waals surface area contributed by atoms with E-state index >= 15 is 0 Å². The van der Waals surface area contributed by atoms with Gasteiger partial charge in [0.1, 0.15) is 0 Å². The molecule has 10 heteroatoms. The van der Waals surface area contributed by atoms with Gasteiger partial charge >= 0.3 is 51.4 Å². The van der Waals surface area contributed by atoms with E-state index in [9.17, 15) is 0 Å². The van der Waals surface area contributed by atoms with Crippen LogP contribution in [0.5, 0.6) is 0 Å². The maximum atomic E-state index is 8.41. The van der Waals surface area contributed by atoms with Crippen molar-refractivity contribution in [1.82, 2.24) is 6.15 Å². The molecule has 0 aliphatic rings. The summed E-state index contributed by atoms with van der Waals surface area (Å²) < 4.78 is 25.2. The van der Waals surface area contributed by atoms with Crippen molar-refractivity contribution in [3.63, 3.8) is 0 Å². The Labute approximate surface area is 101 Å². The van der Waals surface area contributed by atoms with Crippen LogP contribution in [0.25, 0.3) is 0 Å². The fraction of sp³-hybridized carbons (Fsp3) is 0. The van der Waals surface area contributed by atoms with Crippen molar-refractivity contribution in [3.05, 3.63) is 15.3 Å². The second-order valence-corrected chi connectivity index (χ2v) is 0.791. The smallest absolute Gasteiger partial charge is 0.369 e. The molecule has 0 aromatic heterocycles. The molecule has 0 fully saturated rings. The maximum Gasteiger partial charge on any atom is 1.00 e. The third-order valence-electron chi connectivity index (χ3n) is 0. The second kappa shape index (κ2) is 16.5. The van der Waals surface area contributed by atoms with E-state index in [1.807, 2.05) is 0 Å². The van der Waals surface area contributed by atoms with E-state index < -0.39 is 15.9 Å². The standard InChI is InChI=1S/ClO3.K.NO3.H3N/c2-1(3)4;;2-1(3)4;/h;;;1H3/q-1;+1;-1;/p+1. The van der Waals surface area contributed by atoms with Crippen LogP contribution in [0.3, 0.4) is 0 Å². The van der Waals surface area contributed by atoms with Gasteiger partial charge in [0, 0.05) is 0 Å². The average molecular weight is 203 g/mol. The molecule has 10 heavy (non-hydrogen) atoms. The molecule has 0 aromatic carbocycles. The Balaban J connectivity index is -0.0000000300. The summed E-state index contributed by atoms with van der Waals surface area (Å²) in [5.74, 6) is 0. The number of quaternary nitrogens is 1. The van der Waals surface area contributed by atoms with E-state index in [4.69, 9.17) is 29.3 Å². The fourth-order valence-electron chi connectivity index (χ4n) is 0. The number of halogens is 1. The Bertz CT molecular complexity index is 60.0. The van der Waals surface area contributed by atoms with Gasteiger partial charge in [0.05, 0.1) is 15.9 Å². The van der Waals surface area contributed by atoms with Crippen LogP contribution >= 0.6 is 0 Å². The molecule has 0 saturated carbocycles. The number of nitrogens with zero attached hydrogens (tertiary/aromatic N) is 1.